The summed E-state index contributed by atoms with van der Waals surface area (Å²) in [6.07, 6.45) is 2.46. The molecule has 16 heavy (non-hydrogen) atoms. The minimum atomic E-state index is 0.148. The van der Waals surface area contributed by atoms with Gasteiger partial charge in [-0.15, -0.1) is 11.3 Å². The molecule has 1 atom stereocenters. The van der Waals surface area contributed by atoms with Crippen LogP contribution in [0.15, 0.2) is 17.5 Å². The molecule has 1 aromatic heterocycles. The molecule has 0 radical (unpaired) electrons. The number of hydrogen-bond donors (Lipinski definition) is 0. The van der Waals surface area contributed by atoms with E-state index in [1.807, 2.05) is 29.5 Å². The van der Waals surface area contributed by atoms with Crippen molar-refractivity contribution in [1.82, 2.24) is 9.80 Å². The lowest BCUT2D eigenvalue weighted by Crippen LogP contribution is -2.39. The molecule has 3 nitrogen and oxygen atoms in total. The van der Waals surface area contributed by atoms with Gasteiger partial charge in [-0.3, -0.25) is 4.79 Å². The first-order valence-electron chi connectivity index (χ1n) is 5.67. The SMILES string of the molecule is CN(CC1CCCN1C)C(=O)c1cccs1. The molecule has 0 N–H and O–H groups in total. The monoisotopic (exact) mass is 238 g/mol. The molecule has 0 spiro atoms. The van der Waals surface area contributed by atoms with Gasteiger partial charge in [0.1, 0.15) is 0 Å². The largest absolute Gasteiger partial charge is 0.339 e. The summed E-state index contributed by atoms with van der Waals surface area (Å²) in [6, 6.07) is 4.35. The van der Waals surface area contributed by atoms with Gasteiger partial charge in [0.15, 0.2) is 0 Å². The van der Waals surface area contributed by atoms with Gasteiger partial charge in [0, 0.05) is 19.6 Å². The van der Waals surface area contributed by atoms with Crippen molar-refractivity contribution < 1.29 is 4.79 Å². The van der Waals surface area contributed by atoms with Crippen LogP contribution in [0.4, 0.5) is 0 Å². The number of carbonyl (C=O) groups excluding carboxylic acids is 1. The molecule has 1 aliphatic rings. The number of carbonyl (C=O) groups is 1. The molecule has 2 rings (SSSR count). The lowest BCUT2D eigenvalue weighted by molar-refractivity contribution is 0.0766. The molecule has 0 bridgehead atoms. The Morgan fingerprint density at radius 2 is 2.50 bits per heavy atom. The summed E-state index contributed by atoms with van der Waals surface area (Å²) >= 11 is 1.51. The van der Waals surface area contributed by atoms with E-state index in [1.165, 1.54) is 24.2 Å². The second-order valence-electron chi connectivity index (χ2n) is 4.44. The summed E-state index contributed by atoms with van der Waals surface area (Å²) in [7, 11) is 4.04. The van der Waals surface area contributed by atoms with Crippen molar-refractivity contribution in [2.75, 3.05) is 27.2 Å². The number of thiophene rings is 1. The number of rotatable bonds is 3. The summed E-state index contributed by atoms with van der Waals surface area (Å²) in [6.45, 7) is 2.00. The van der Waals surface area contributed by atoms with Crippen molar-refractivity contribution in [2.45, 2.75) is 18.9 Å². The molecular formula is C12H18N2OS. The maximum Gasteiger partial charge on any atom is 0.263 e. The van der Waals surface area contributed by atoms with Crippen LogP contribution in [-0.2, 0) is 0 Å². The third-order valence-electron chi connectivity index (χ3n) is 3.23. The molecule has 0 aliphatic carbocycles. The normalized spacial score (nSPS) is 21.2. The molecule has 2 heterocycles. The zero-order chi connectivity index (χ0) is 11.5. The van der Waals surface area contributed by atoms with E-state index in [9.17, 15) is 4.79 Å². The number of likely N-dealkylation sites (tertiary alicyclic amines) is 1. The minimum Gasteiger partial charge on any atom is -0.339 e. The van der Waals surface area contributed by atoms with Crippen molar-refractivity contribution in [1.29, 1.82) is 0 Å². The van der Waals surface area contributed by atoms with Crippen LogP contribution in [0.1, 0.15) is 22.5 Å². The zero-order valence-electron chi connectivity index (χ0n) is 9.85. The number of nitrogens with zero attached hydrogens (tertiary/aromatic N) is 2. The zero-order valence-corrected chi connectivity index (χ0v) is 10.7. The molecule has 0 aromatic carbocycles. The fraction of sp³-hybridized carbons (Fsp3) is 0.583. The van der Waals surface area contributed by atoms with Gasteiger partial charge in [-0.25, -0.2) is 0 Å². The number of hydrogen-bond acceptors (Lipinski definition) is 3. The van der Waals surface area contributed by atoms with Crippen molar-refractivity contribution in [3.05, 3.63) is 22.4 Å². The summed E-state index contributed by atoms with van der Waals surface area (Å²) < 4.78 is 0. The third-order valence-corrected chi connectivity index (χ3v) is 4.09. The lowest BCUT2D eigenvalue weighted by atomic mass is 10.2. The fourth-order valence-corrected chi connectivity index (χ4v) is 2.91. The molecule has 1 fully saturated rings. The number of amides is 1. The van der Waals surface area contributed by atoms with E-state index in [0.717, 1.165) is 18.0 Å². The van der Waals surface area contributed by atoms with E-state index in [0.29, 0.717) is 6.04 Å². The van der Waals surface area contributed by atoms with E-state index in [-0.39, 0.29) is 5.91 Å². The van der Waals surface area contributed by atoms with Gasteiger partial charge in [-0.1, -0.05) is 6.07 Å². The van der Waals surface area contributed by atoms with Crippen LogP contribution in [0, 0.1) is 0 Å². The maximum absolute atomic E-state index is 12.0. The number of likely N-dealkylation sites (N-methyl/N-ethyl adjacent to an activating group) is 2. The predicted octanol–water partition coefficient (Wildman–Crippen LogP) is 1.91. The first kappa shape index (κ1) is 11.6. The molecule has 4 heteroatoms. The standard InChI is InChI=1S/C12H18N2OS/c1-13-7-3-5-10(13)9-14(2)12(15)11-6-4-8-16-11/h4,6,8,10H,3,5,7,9H2,1-2H3. The Balaban J connectivity index is 1.93. The molecule has 1 aromatic rings. The van der Waals surface area contributed by atoms with Crippen LogP contribution in [0.2, 0.25) is 0 Å². The van der Waals surface area contributed by atoms with E-state index in [4.69, 9.17) is 0 Å². The highest BCUT2D eigenvalue weighted by Gasteiger charge is 2.24. The van der Waals surface area contributed by atoms with Gasteiger partial charge in [-0.05, 0) is 37.9 Å². The highest BCUT2D eigenvalue weighted by Crippen LogP contribution is 2.17. The molecule has 1 amide bonds. The molecule has 1 aliphatic heterocycles. The van der Waals surface area contributed by atoms with Gasteiger partial charge < -0.3 is 9.80 Å². The van der Waals surface area contributed by atoms with E-state index >= 15 is 0 Å². The van der Waals surface area contributed by atoms with Crippen molar-refractivity contribution in [2.24, 2.45) is 0 Å². The van der Waals surface area contributed by atoms with E-state index < -0.39 is 0 Å². The van der Waals surface area contributed by atoms with Gasteiger partial charge in [0.25, 0.3) is 5.91 Å². The molecule has 0 saturated carbocycles. The van der Waals surface area contributed by atoms with Crippen LogP contribution < -0.4 is 0 Å². The first-order valence-corrected chi connectivity index (χ1v) is 6.55. The summed E-state index contributed by atoms with van der Waals surface area (Å²) in [5.41, 5.74) is 0. The van der Waals surface area contributed by atoms with Crippen LogP contribution >= 0.6 is 11.3 Å². The van der Waals surface area contributed by atoms with Gasteiger partial charge in [0.2, 0.25) is 0 Å². The Kier molecular flexibility index (Phi) is 3.61. The lowest BCUT2D eigenvalue weighted by Gasteiger charge is -2.25. The van der Waals surface area contributed by atoms with Gasteiger partial charge >= 0.3 is 0 Å². The Hall–Kier alpha value is -0.870. The summed E-state index contributed by atoms with van der Waals surface area (Å²) in [5, 5.41) is 1.95. The fourth-order valence-electron chi connectivity index (χ4n) is 2.20. The predicted molar refractivity (Wildman–Crippen MR) is 66.9 cm³/mol. The molecular weight excluding hydrogens is 220 g/mol. The highest BCUT2D eigenvalue weighted by molar-refractivity contribution is 7.12. The topological polar surface area (TPSA) is 23.6 Å². The average molecular weight is 238 g/mol. The van der Waals surface area contributed by atoms with Crippen molar-refractivity contribution >= 4 is 17.2 Å². The van der Waals surface area contributed by atoms with E-state index in [1.54, 1.807) is 0 Å². The molecule has 1 saturated heterocycles. The van der Waals surface area contributed by atoms with Crippen LogP contribution in [0.3, 0.4) is 0 Å². The van der Waals surface area contributed by atoms with Crippen LogP contribution in [0.25, 0.3) is 0 Å². The van der Waals surface area contributed by atoms with Gasteiger partial charge in [-0.2, -0.15) is 0 Å². The smallest absolute Gasteiger partial charge is 0.263 e. The summed E-state index contributed by atoms with van der Waals surface area (Å²) in [4.78, 5) is 17.0. The van der Waals surface area contributed by atoms with Crippen LogP contribution in [0.5, 0.6) is 0 Å². The van der Waals surface area contributed by atoms with Crippen molar-refractivity contribution in [3.8, 4) is 0 Å². The maximum atomic E-state index is 12.0. The Morgan fingerprint density at radius 3 is 3.06 bits per heavy atom. The van der Waals surface area contributed by atoms with Crippen LogP contribution in [-0.4, -0.2) is 48.9 Å². The Bertz CT molecular complexity index is 350. The Morgan fingerprint density at radius 1 is 1.69 bits per heavy atom. The Labute approximate surface area is 101 Å². The summed E-state index contributed by atoms with van der Waals surface area (Å²) in [5.74, 6) is 0.148. The second-order valence-corrected chi connectivity index (χ2v) is 5.39. The average Bonchev–Trinajstić information content (AvgIpc) is 2.89. The molecule has 1 unspecified atom stereocenters. The minimum absolute atomic E-state index is 0.148. The second kappa shape index (κ2) is 4.97. The van der Waals surface area contributed by atoms with Gasteiger partial charge in [0.05, 0.1) is 4.88 Å². The quantitative estimate of drug-likeness (QED) is 0.803. The van der Waals surface area contributed by atoms with Crippen molar-refractivity contribution in [3.63, 3.8) is 0 Å². The highest BCUT2D eigenvalue weighted by atomic mass is 32.1. The molecule has 88 valence electrons. The van der Waals surface area contributed by atoms with E-state index in [2.05, 4.69) is 11.9 Å². The third kappa shape index (κ3) is 2.44. The first-order chi connectivity index (χ1) is 7.68.